The van der Waals surface area contributed by atoms with Crippen molar-refractivity contribution in [3.63, 3.8) is 0 Å². The fourth-order valence-corrected chi connectivity index (χ4v) is 11.7. The smallest absolute Gasteiger partial charge is 0.311 e. The molecule has 420 valence electrons. The van der Waals surface area contributed by atoms with Crippen molar-refractivity contribution >= 4 is 11.7 Å². The lowest BCUT2D eigenvalue weighted by Crippen LogP contribution is -2.60. The van der Waals surface area contributed by atoms with Crippen LogP contribution in [0.5, 0.6) is 0 Å². The van der Waals surface area contributed by atoms with Gasteiger partial charge in [-0.05, 0) is 126 Å². The first kappa shape index (κ1) is 59.9. The number of benzene rings is 1. The molecule has 1 aromatic heterocycles. The lowest BCUT2D eigenvalue weighted by atomic mass is 9.77. The van der Waals surface area contributed by atoms with Crippen LogP contribution in [0, 0.1) is 29.4 Å². The van der Waals surface area contributed by atoms with Crippen molar-refractivity contribution in [2.45, 2.75) is 224 Å². The Morgan fingerprint density at radius 2 is 1.64 bits per heavy atom. The van der Waals surface area contributed by atoms with Gasteiger partial charge in [0.25, 0.3) is 0 Å². The molecule has 6 rings (SSSR count). The summed E-state index contributed by atoms with van der Waals surface area (Å²) < 4.78 is 67.6. The second kappa shape index (κ2) is 25.0. The zero-order chi connectivity index (χ0) is 54.6. The summed E-state index contributed by atoms with van der Waals surface area (Å²) in [5.74, 6) is -4.18. The number of aliphatic hydroxyl groups is 5. The molecule has 0 saturated carbocycles. The van der Waals surface area contributed by atoms with Crippen LogP contribution in [0.25, 0.3) is 0 Å². The predicted molar refractivity (Wildman–Crippen MR) is 268 cm³/mol. The van der Waals surface area contributed by atoms with E-state index >= 15 is 0 Å². The van der Waals surface area contributed by atoms with Crippen molar-refractivity contribution in [2.24, 2.45) is 22.9 Å². The van der Waals surface area contributed by atoms with Gasteiger partial charge in [0.2, 0.25) is 0 Å². The molecule has 2 aromatic rings. The number of rotatable bonds is 15. The maximum absolute atomic E-state index is 14.5. The monoisotopic (exact) mass is 1050 g/mol. The Morgan fingerprint density at radius 3 is 2.30 bits per heavy atom. The lowest BCUT2D eigenvalue weighted by molar-refractivity contribution is -0.318. The van der Waals surface area contributed by atoms with Gasteiger partial charge in [-0.1, -0.05) is 31.1 Å². The number of halogens is 2. The first-order valence-corrected chi connectivity index (χ1v) is 26.5. The third kappa shape index (κ3) is 14.2. The molecule has 4 aliphatic rings. The first-order valence-electron chi connectivity index (χ1n) is 26.5. The molecule has 0 aliphatic carbocycles. The number of hydrogen-bond donors (Lipinski definition) is 5. The quantitative estimate of drug-likeness (QED) is 0.123. The Kier molecular flexibility index (Phi) is 20.2. The van der Waals surface area contributed by atoms with Crippen molar-refractivity contribution in [3.8, 4) is 0 Å². The number of cyclic esters (lactones) is 1. The van der Waals surface area contributed by atoms with E-state index in [9.17, 15) is 39.1 Å². The van der Waals surface area contributed by atoms with Crippen molar-refractivity contribution in [1.82, 2.24) is 24.8 Å². The number of methoxy groups -OCH3 is 1. The Hall–Kier alpha value is -3.32. The molecule has 21 heteroatoms. The Labute approximate surface area is 435 Å². The number of carbonyl (C=O) groups is 1. The zero-order valence-corrected chi connectivity index (χ0v) is 45.8. The van der Waals surface area contributed by atoms with Gasteiger partial charge >= 0.3 is 5.97 Å². The number of aryl methyl sites for hydroxylation is 1. The molecule has 19 nitrogen and oxygen atoms in total. The van der Waals surface area contributed by atoms with Gasteiger partial charge in [-0.2, -0.15) is 0 Å². The molecule has 5 heterocycles. The molecule has 1 aromatic carbocycles. The van der Waals surface area contributed by atoms with Crippen LogP contribution in [-0.4, -0.2) is 193 Å². The zero-order valence-electron chi connectivity index (χ0n) is 45.8. The number of aliphatic hydroxyl groups excluding tert-OH is 3. The summed E-state index contributed by atoms with van der Waals surface area (Å²) in [4.78, 5) is 24.0. The fourth-order valence-electron chi connectivity index (χ4n) is 11.7. The summed E-state index contributed by atoms with van der Waals surface area (Å²) in [6.07, 6.45) is -5.09. The number of carbonyl (C=O) groups excluding carboxylic acids is 1. The maximum Gasteiger partial charge on any atom is 0.311 e. The van der Waals surface area contributed by atoms with E-state index in [1.54, 1.807) is 46.2 Å². The van der Waals surface area contributed by atoms with E-state index in [1.165, 1.54) is 26.2 Å². The summed E-state index contributed by atoms with van der Waals surface area (Å²) in [7, 11) is 5.28. The Morgan fingerprint density at radius 1 is 0.946 bits per heavy atom. The van der Waals surface area contributed by atoms with Gasteiger partial charge in [0, 0.05) is 62.3 Å². The lowest BCUT2D eigenvalue weighted by Gasteiger charge is -2.49. The number of ether oxygens (including phenoxy) is 6. The standard InChI is InChI=1S/C53H86F2N6O13/c1-14-42-53(10,67)46(63)33(6)60(12)26-29(2)24-51(8,66)48(31(4)45(32(5)49(65)71-42)72-43-25-52(9,68-13)47(64)34(7)70-43)73-50-44(62)41(19-30(3)69-50)59(11)18-16-15-17-38-27-61(58-56-38)28-39-23-40(57-74-39)35-20-36(54)22-37(55)21-35/h20-22,27,29-34,39,41-48,50,62-64,66-67H,14-19,23-26,28H2,1-13H3/t29-,30-,31+,32-,33-,34+,39?,41+,42-,43+,44-,45+,46-,47+,48-,50+,51-,52-,53-/m1/s1. The summed E-state index contributed by atoms with van der Waals surface area (Å²) in [6.45, 7) is 18.9. The largest absolute Gasteiger partial charge is 0.459 e. The second-order valence-corrected chi connectivity index (χ2v) is 22.7. The van der Waals surface area contributed by atoms with E-state index < -0.39 is 114 Å². The minimum atomic E-state index is -1.85. The van der Waals surface area contributed by atoms with Gasteiger partial charge < -0.3 is 68.6 Å². The topological polar surface area (TPSA) is 232 Å². The molecule has 4 aliphatic heterocycles. The normalized spacial score (nSPS) is 40.3. The highest BCUT2D eigenvalue weighted by molar-refractivity contribution is 6.01. The minimum absolute atomic E-state index is 0.0927. The molecular formula is C53H86F2N6O13. The van der Waals surface area contributed by atoms with E-state index in [0.29, 0.717) is 50.2 Å². The van der Waals surface area contributed by atoms with E-state index in [2.05, 4.69) is 20.4 Å². The highest BCUT2D eigenvalue weighted by atomic mass is 19.1. The van der Waals surface area contributed by atoms with Crippen LogP contribution in [0.3, 0.4) is 0 Å². The molecule has 3 saturated heterocycles. The summed E-state index contributed by atoms with van der Waals surface area (Å²) >= 11 is 0. The third-order valence-electron chi connectivity index (χ3n) is 16.2. The van der Waals surface area contributed by atoms with Crippen LogP contribution in [0.15, 0.2) is 29.6 Å². The number of likely N-dealkylation sites (N-methyl/N-ethyl adjacent to an activating group) is 2. The molecule has 0 bridgehead atoms. The van der Waals surface area contributed by atoms with Gasteiger partial charge in [0.05, 0.1) is 59.5 Å². The molecule has 1 unspecified atom stereocenters. The van der Waals surface area contributed by atoms with Gasteiger partial charge in [-0.15, -0.1) is 5.10 Å². The predicted octanol–water partition coefficient (Wildman–Crippen LogP) is 4.36. The molecule has 0 radical (unpaired) electrons. The molecular weight excluding hydrogens is 967 g/mol. The number of oxime groups is 1. The van der Waals surface area contributed by atoms with Crippen molar-refractivity contribution in [3.05, 3.63) is 47.3 Å². The van der Waals surface area contributed by atoms with E-state index in [0.717, 1.165) is 24.6 Å². The molecule has 0 spiro atoms. The number of hydrogen-bond acceptors (Lipinski definition) is 18. The number of unbranched alkanes of at least 4 members (excludes halogenated alkanes) is 1. The van der Waals surface area contributed by atoms with Crippen molar-refractivity contribution < 1.29 is 72.4 Å². The van der Waals surface area contributed by atoms with Crippen molar-refractivity contribution in [2.75, 3.05) is 34.3 Å². The molecule has 5 N–H and O–H groups in total. The number of esters is 1. The van der Waals surface area contributed by atoms with Crippen LogP contribution in [0.2, 0.25) is 0 Å². The highest BCUT2D eigenvalue weighted by Gasteiger charge is 2.53. The summed E-state index contributed by atoms with van der Waals surface area (Å²) in [6, 6.07) is 2.28. The third-order valence-corrected chi connectivity index (χ3v) is 16.2. The van der Waals surface area contributed by atoms with Crippen LogP contribution < -0.4 is 0 Å². The molecule has 74 heavy (non-hydrogen) atoms. The SMILES string of the molecule is CC[C@H]1OC(=O)[C@H](C)[C@@H](O[C@H]2C[C@@](C)(OC)[C@@H](O)[C@H](C)O2)[C@H](C)[C@@H](O[C@@H]2O[C@H](C)C[C@H](N(C)CCCCc3cn(CC4CC(c5cc(F)cc(F)c5)=NO4)nn3)[C@H]2O)[C@](C)(O)C[C@@H](C)CN(C)[C@H](C)[C@@H](O)[C@]1(C)O. The van der Waals surface area contributed by atoms with Crippen LogP contribution in [0.4, 0.5) is 8.78 Å². The van der Waals surface area contributed by atoms with Gasteiger partial charge in [-0.3, -0.25) is 4.79 Å². The summed E-state index contributed by atoms with van der Waals surface area (Å²) in [5, 5.41) is 72.3. The van der Waals surface area contributed by atoms with E-state index in [4.69, 9.17) is 33.3 Å². The van der Waals surface area contributed by atoms with Gasteiger partial charge in [-0.25, -0.2) is 13.5 Å². The Balaban J connectivity index is 1.17. The molecule has 0 amide bonds. The van der Waals surface area contributed by atoms with E-state index in [1.807, 2.05) is 46.0 Å². The van der Waals surface area contributed by atoms with Gasteiger partial charge in [0.1, 0.15) is 41.7 Å². The van der Waals surface area contributed by atoms with E-state index in [-0.39, 0.29) is 37.4 Å². The second-order valence-electron chi connectivity index (χ2n) is 22.7. The number of aromatic nitrogens is 3. The average Bonchev–Trinajstić information content (AvgIpc) is 4.00. The molecule has 19 atom stereocenters. The number of nitrogens with zero attached hydrogens (tertiary/aromatic N) is 6. The van der Waals surface area contributed by atoms with Crippen LogP contribution in [-0.2, 0) is 51.0 Å². The van der Waals surface area contributed by atoms with Crippen LogP contribution >= 0.6 is 0 Å². The molecule has 3 fully saturated rings. The maximum atomic E-state index is 14.5. The first-order chi connectivity index (χ1) is 34.7. The highest BCUT2D eigenvalue weighted by Crippen LogP contribution is 2.40. The minimum Gasteiger partial charge on any atom is -0.459 e. The van der Waals surface area contributed by atoms with Crippen LogP contribution in [0.1, 0.15) is 125 Å². The van der Waals surface area contributed by atoms with Gasteiger partial charge in [0.15, 0.2) is 18.7 Å². The Bertz CT molecular complexity index is 2150. The summed E-state index contributed by atoms with van der Waals surface area (Å²) in [5.41, 5.74) is -2.97. The van der Waals surface area contributed by atoms with Crippen molar-refractivity contribution in [1.29, 1.82) is 0 Å². The average molecular weight is 1050 g/mol. The fraction of sp³-hybridized carbons (Fsp3) is 0.811.